The van der Waals surface area contributed by atoms with E-state index in [4.69, 9.17) is 21.3 Å². The minimum Gasteiger partial charge on any atom is -0.483 e. The molecule has 1 aromatic heterocycles. The lowest BCUT2D eigenvalue weighted by atomic mass is 9.87. The molecular formula is C38H48ClN5O8S. The topological polar surface area (TPSA) is 175 Å². The maximum absolute atomic E-state index is 14.8. The van der Waals surface area contributed by atoms with Crippen molar-refractivity contribution < 1.29 is 37.4 Å². The zero-order valence-corrected chi connectivity index (χ0v) is 32.2. The van der Waals surface area contributed by atoms with E-state index in [0.717, 1.165) is 34.2 Å². The number of benzene rings is 1. The van der Waals surface area contributed by atoms with E-state index in [1.807, 2.05) is 31.2 Å². The van der Waals surface area contributed by atoms with Crippen LogP contribution >= 0.6 is 11.6 Å². The molecule has 2 saturated carbocycles. The van der Waals surface area contributed by atoms with Gasteiger partial charge in [0.1, 0.15) is 29.0 Å². The van der Waals surface area contributed by atoms with Crippen molar-refractivity contribution in [3.8, 4) is 5.75 Å². The third kappa shape index (κ3) is 6.74. The molecule has 4 heterocycles. The first-order valence-electron chi connectivity index (χ1n) is 18.6. The molecule has 0 bridgehead atoms. The molecule has 13 nitrogen and oxygen atoms in total. The number of carbonyl (C=O) groups excluding carboxylic acids is 3. The molecule has 15 heteroatoms. The first-order valence-corrected chi connectivity index (χ1v) is 20.5. The number of nitrogens with zero attached hydrogens (tertiary/aromatic N) is 3. The molecule has 5 aliphatic rings. The number of aromatic nitrogens is 1. The van der Waals surface area contributed by atoms with Gasteiger partial charge in [-0.15, -0.1) is 0 Å². The molecular weight excluding hydrogens is 722 g/mol. The Balaban J connectivity index is 1.27. The van der Waals surface area contributed by atoms with Crippen molar-refractivity contribution in [2.45, 2.75) is 132 Å². The third-order valence-electron chi connectivity index (χ3n) is 12.0. The molecule has 286 valence electrons. The molecule has 0 unspecified atom stereocenters. The van der Waals surface area contributed by atoms with Gasteiger partial charge < -0.3 is 20.1 Å². The number of ether oxygens (including phenoxy) is 1. The largest absolute Gasteiger partial charge is 0.483 e. The number of nitrogens with one attached hydrogen (secondary N) is 2. The van der Waals surface area contributed by atoms with Gasteiger partial charge in [-0.1, -0.05) is 36.6 Å². The highest BCUT2D eigenvalue weighted by Gasteiger charge is 2.64. The van der Waals surface area contributed by atoms with Crippen LogP contribution in [0, 0.1) is 12.8 Å². The summed E-state index contributed by atoms with van der Waals surface area (Å²) in [6, 6.07) is 2.79. The van der Waals surface area contributed by atoms with E-state index in [1.165, 1.54) is 4.90 Å². The third-order valence-corrected chi connectivity index (χ3v) is 14.4. The quantitative estimate of drug-likeness (QED) is 0.353. The predicted octanol–water partition coefficient (Wildman–Crippen LogP) is 5.01. The Kier molecular flexibility index (Phi) is 9.48. The van der Waals surface area contributed by atoms with Gasteiger partial charge in [0, 0.05) is 34.4 Å². The van der Waals surface area contributed by atoms with Crippen LogP contribution in [0.1, 0.15) is 96.2 Å². The van der Waals surface area contributed by atoms with Crippen LogP contribution in [0.2, 0.25) is 5.02 Å². The minimum atomic E-state index is -4.00. The number of amides is 4. The first kappa shape index (κ1) is 37.4. The van der Waals surface area contributed by atoms with E-state index in [-0.39, 0.29) is 25.8 Å². The summed E-state index contributed by atoms with van der Waals surface area (Å²) in [5, 5.41) is 14.7. The molecule has 7 rings (SSSR count). The van der Waals surface area contributed by atoms with Gasteiger partial charge in [0.25, 0.3) is 5.91 Å². The number of halogens is 1. The number of allylic oxidation sites excluding steroid dienone is 1. The fourth-order valence-electron chi connectivity index (χ4n) is 8.48. The van der Waals surface area contributed by atoms with Crippen LogP contribution in [0.5, 0.6) is 5.75 Å². The predicted molar refractivity (Wildman–Crippen MR) is 198 cm³/mol. The summed E-state index contributed by atoms with van der Waals surface area (Å²) < 4.78 is 34.4. The van der Waals surface area contributed by atoms with Crippen LogP contribution in [0.15, 0.2) is 30.4 Å². The van der Waals surface area contributed by atoms with Gasteiger partial charge in [-0.05, 0) is 97.3 Å². The van der Waals surface area contributed by atoms with Crippen molar-refractivity contribution in [3.05, 3.63) is 46.6 Å². The van der Waals surface area contributed by atoms with Crippen LogP contribution in [-0.4, -0.2) is 92.7 Å². The Morgan fingerprint density at radius 1 is 1.15 bits per heavy atom. The average molecular weight is 770 g/mol. The second-order valence-corrected chi connectivity index (χ2v) is 18.8. The van der Waals surface area contributed by atoms with Gasteiger partial charge in [-0.3, -0.25) is 24.0 Å². The molecule has 0 radical (unpaired) electrons. The van der Waals surface area contributed by atoms with E-state index >= 15 is 0 Å². The maximum Gasteiger partial charge on any atom is 0.408 e. The number of hydrogen-bond donors (Lipinski definition) is 3. The van der Waals surface area contributed by atoms with E-state index in [2.05, 4.69) is 10.0 Å². The van der Waals surface area contributed by atoms with Gasteiger partial charge in [0.15, 0.2) is 0 Å². The highest BCUT2D eigenvalue weighted by molar-refractivity contribution is 7.91. The highest BCUT2D eigenvalue weighted by atomic mass is 35.5. The zero-order chi connectivity index (χ0) is 38.1. The van der Waals surface area contributed by atoms with Crippen molar-refractivity contribution >= 4 is 56.3 Å². The van der Waals surface area contributed by atoms with Gasteiger partial charge >= 0.3 is 6.09 Å². The van der Waals surface area contributed by atoms with Crippen LogP contribution in [-0.2, 0) is 30.8 Å². The Bertz CT molecular complexity index is 2020. The lowest BCUT2D eigenvalue weighted by molar-refractivity contribution is -0.144. The molecule has 1 saturated heterocycles. The van der Waals surface area contributed by atoms with E-state index in [1.54, 1.807) is 26.8 Å². The number of hydrogen-bond acceptors (Lipinski definition) is 8. The minimum absolute atomic E-state index is 0.00764. The fraction of sp³-hybridized carbons (Fsp3) is 0.605. The smallest absolute Gasteiger partial charge is 0.408 e. The van der Waals surface area contributed by atoms with E-state index in [0.29, 0.717) is 55.0 Å². The standard InChI is InChI=1S/C38H48ClN5O8S/c1-22(2)44(35(48)49)29-11-9-7-5-6-8-10-24-19-38(24,34(47)42-53(50,51)36(4)16-17-36)41-32(45)30-20-37(21-43(30)33(29)46)15-14-26-27-18-25(39)12-13-28(27)40-23(3)31(26)52-37/h8,10,12-13,18,22,24,29-30H,5-7,9,11,14-17,19-21H2,1-4H3,(H,41,45)(H,42,47)(H,48,49)/b10-8-/t24-,29+,30+,37-,38-/m1/s1. The highest BCUT2D eigenvalue weighted by Crippen LogP contribution is 2.49. The summed E-state index contributed by atoms with van der Waals surface area (Å²) in [7, 11) is -4.00. The monoisotopic (exact) mass is 769 g/mol. The second-order valence-electron chi connectivity index (χ2n) is 16.2. The molecule has 4 amide bonds. The first-order chi connectivity index (χ1) is 25.0. The molecule has 53 heavy (non-hydrogen) atoms. The summed E-state index contributed by atoms with van der Waals surface area (Å²) in [5.41, 5.74) is -0.187. The molecule has 3 aliphatic heterocycles. The van der Waals surface area contributed by atoms with Gasteiger partial charge in [-0.25, -0.2) is 18.2 Å². The molecule has 3 N–H and O–H groups in total. The van der Waals surface area contributed by atoms with Gasteiger partial charge in [0.2, 0.25) is 21.8 Å². The number of fused-ring (bicyclic) bond motifs is 5. The van der Waals surface area contributed by atoms with Crippen LogP contribution in [0.25, 0.3) is 10.9 Å². The summed E-state index contributed by atoms with van der Waals surface area (Å²) in [4.78, 5) is 63.4. The molecule has 3 fully saturated rings. The second kappa shape index (κ2) is 13.4. The van der Waals surface area contributed by atoms with Crippen LogP contribution in [0.4, 0.5) is 4.79 Å². The van der Waals surface area contributed by atoms with Crippen LogP contribution in [0.3, 0.4) is 0 Å². The maximum atomic E-state index is 14.8. The van der Waals surface area contributed by atoms with E-state index < -0.39 is 73.8 Å². The van der Waals surface area contributed by atoms with Crippen molar-refractivity contribution in [2.75, 3.05) is 6.54 Å². The van der Waals surface area contributed by atoms with Crippen molar-refractivity contribution in [1.29, 1.82) is 0 Å². The molecule has 2 aliphatic carbocycles. The van der Waals surface area contributed by atoms with Crippen LogP contribution < -0.4 is 14.8 Å². The molecule has 5 atom stereocenters. The number of sulfonamides is 1. The lowest BCUT2D eigenvalue weighted by Crippen LogP contribution is -2.59. The number of pyridine rings is 1. The zero-order valence-electron chi connectivity index (χ0n) is 30.6. The summed E-state index contributed by atoms with van der Waals surface area (Å²) in [5.74, 6) is -1.80. The Morgan fingerprint density at radius 3 is 2.60 bits per heavy atom. The fourth-order valence-corrected chi connectivity index (χ4v) is 9.97. The number of aryl methyl sites for hydroxylation is 2. The average Bonchev–Trinajstić information content (AvgIpc) is 3.98. The van der Waals surface area contributed by atoms with Crippen molar-refractivity contribution in [1.82, 2.24) is 24.8 Å². The Morgan fingerprint density at radius 2 is 1.91 bits per heavy atom. The summed E-state index contributed by atoms with van der Waals surface area (Å²) in [6.45, 7) is 6.88. The Labute approximate surface area is 314 Å². The summed E-state index contributed by atoms with van der Waals surface area (Å²) in [6.07, 6.45) is 7.78. The molecule has 1 aromatic carbocycles. The van der Waals surface area contributed by atoms with Gasteiger partial charge in [-0.2, -0.15) is 0 Å². The SMILES string of the molecule is Cc1nc2ccc(Cl)cc2c2c1O[C@]1(CC2)C[C@H]2C(=O)N[C@]3(C(=O)NS(=O)(=O)C4(C)CC4)C[C@H]3/C=C\CCCCC[C@H](N(C(=O)O)C(C)C)C(=O)N2C1. The van der Waals surface area contributed by atoms with E-state index in [9.17, 15) is 32.7 Å². The number of carboxylic acid groups (broad SMARTS) is 1. The number of rotatable bonds is 5. The van der Waals surface area contributed by atoms with Crippen molar-refractivity contribution in [3.63, 3.8) is 0 Å². The van der Waals surface area contributed by atoms with Gasteiger partial charge in [0.05, 0.1) is 22.5 Å². The normalized spacial score (nSPS) is 30.2. The number of carbonyl (C=O) groups is 4. The lowest BCUT2D eigenvalue weighted by Gasteiger charge is -2.38. The Hall–Kier alpha value is -3.91. The molecule has 1 spiro atoms. The summed E-state index contributed by atoms with van der Waals surface area (Å²) >= 11 is 6.37. The molecule has 2 aromatic rings. The van der Waals surface area contributed by atoms with Crippen molar-refractivity contribution in [2.24, 2.45) is 5.92 Å².